The Hall–Kier alpha value is -1.14. The number of amides is 1. The predicted octanol–water partition coefficient (Wildman–Crippen LogP) is 0.110. The van der Waals surface area contributed by atoms with Crippen LogP contribution in [0.4, 0.5) is 0 Å². The van der Waals surface area contributed by atoms with E-state index in [0.717, 1.165) is 6.42 Å². The summed E-state index contributed by atoms with van der Waals surface area (Å²) in [6.07, 6.45) is 2.26. The summed E-state index contributed by atoms with van der Waals surface area (Å²) in [4.78, 5) is 22.5. The second kappa shape index (κ2) is 8.95. The minimum absolute atomic E-state index is 0.341. The van der Waals surface area contributed by atoms with Crippen molar-refractivity contribution in [2.75, 3.05) is 13.7 Å². The van der Waals surface area contributed by atoms with Gasteiger partial charge in [-0.1, -0.05) is 13.3 Å². The number of nitrogens with two attached hydrogens (primary N) is 1. The number of nitrogens with one attached hydrogen (secondary N) is 1. The molecule has 0 saturated carbocycles. The van der Waals surface area contributed by atoms with Crippen LogP contribution in [0.1, 0.15) is 32.6 Å². The fourth-order valence-corrected chi connectivity index (χ4v) is 1.41. The smallest absolute Gasteiger partial charge is 0.326 e. The molecule has 0 heterocycles. The van der Waals surface area contributed by atoms with Crippen LogP contribution in [0.3, 0.4) is 0 Å². The number of carboxylic acids is 1. The van der Waals surface area contributed by atoms with Gasteiger partial charge < -0.3 is 20.9 Å². The third-order valence-electron chi connectivity index (χ3n) is 2.39. The van der Waals surface area contributed by atoms with Crippen LogP contribution in [-0.2, 0) is 14.3 Å². The predicted molar refractivity (Wildman–Crippen MR) is 63.6 cm³/mol. The quantitative estimate of drug-likeness (QED) is 0.501. The maximum atomic E-state index is 11.5. The molecule has 0 aliphatic heterocycles. The molecular weight excluding hydrogens is 224 g/mol. The molecule has 0 aromatic heterocycles. The lowest BCUT2D eigenvalue weighted by atomic mass is 10.1. The van der Waals surface area contributed by atoms with Crippen LogP contribution in [0.25, 0.3) is 0 Å². The molecule has 2 unspecified atom stereocenters. The number of ether oxygens (including phenoxy) is 1. The van der Waals surface area contributed by atoms with Crippen LogP contribution >= 0.6 is 0 Å². The van der Waals surface area contributed by atoms with Crippen molar-refractivity contribution in [1.29, 1.82) is 0 Å². The molecule has 0 saturated heterocycles. The van der Waals surface area contributed by atoms with Crippen LogP contribution in [0.2, 0.25) is 0 Å². The van der Waals surface area contributed by atoms with E-state index >= 15 is 0 Å². The molecule has 0 fully saturated rings. The van der Waals surface area contributed by atoms with Crippen LogP contribution in [0.5, 0.6) is 0 Å². The van der Waals surface area contributed by atoms with Gasteiger partial charge in [-0.2, -0.15) is 0 Å². The molecular formula is C11H22N2O4. The lowest BCUT2D eigenvalue weighted by Gasteiger charge is -2.17. The first-order valence-electron chi connectivity index (χ1n) is 5.80. The lowest BCUT2D eigenvalue weighted by molar-refractivity contribution is -0.142. The van der Waals surface area contributed by atoms with E-state index in [1.807, 2.05) is 6.92 Å². The van der Waals surface area contributed by atoms with Crippen molar-refractivity contribution in [3.8, 4) is 0 Å². The normalized spacial score (nSPS) is 14.1. The van der Waals surface area contributed by atoms with E-state index < -0.39 is 24.0 Å². The first-order valence-corrected chi connectivity index (χ1v) is 5.80. The zero-order chi connectivity index (χ0) is 13.3. The van der Waals surface area contributed by atoms with Gasteiger partial charge in [0.25, 0.3) is 0 Å². The number of rotatable bonds is 9. The number of methoxy groups -OCH3 is 1. The van der Waals surface area contributed by atoms with Crippen LogP contribution in [0, 0.1) is 0 Å². The molecule has 17 heavy (non-hydrogen) atoms. The fraction of sp³-hybridized carbons (Fsp3) is 0.818. The highest BCUT2D eigenvalue weighted by Crippen LogP contribution is 2.00. The first-order chi connectivity index (χ1) is 8.02. The van der Waals surface area contributed by atoms with Crippen LogP contribution in [0.15, 0.2) is 0 Å². The average molecular weight is 246 g/mol. The fourth-order valence-electron chi connectivity index (χ4n) is 1.41. The van der Waals surface area contributed by atoms with Gasteiger partial charge in [-0.05, 0) is 19.3 Å². The largest absolute Gasteiger partial charge is 0.480 e. The van der Waals surface area contributed by atoms with E-state index in [0.29, 0.717) is 25.9 Å². The third kappa shape index (κ3) is 6.91. The van der Waals surface area contributed by atoms with Gasteiger partial charge in [0.15, 0.2) is 0 Å². The van der Waals surface area contributed by atoms with E-state index in [4.69, 9.17) is 15.6 Å². The topological polar surface area (TPSA) is 102 Å². The molecule has 0 radical (unpaired) electrons. The second-order valence-corrected chi connectivity index (χ2v) is 3.93. The van der Waals surface area contributed by atoms with Crippen LogP contribution in [-0.4, -0.2) is 42.8 Å². The summed E-state index contributed by atoms with van der Waals surface area (Å²) in [6, 6.07) is -1.52. The average Bonchev–Trinajstić information content (AvgIpc) is 2.27. The van der Waals surface area contributed by atoms with Crippen molar-refractivity contribution in [3.05, 3.63) is 0 Å². The molecule has 0 aromatic carbocycles. The number of hydrogen-bond acceptors (Lipinski definition) is 4. The molecule has 0 bridgehead atoms. The maximum absolute atomic E-state index is 11.5. The van der Waals surface area contributed by atoms with Crippen molar-refractivity contribution in [2.45, 2.75) is 44.7 Å². The van der Waals surface area contributed by atoms with E-state index in [1.54, 1.807) is 7.11 Å². The first kappa shape index (κ1) is 15.9. The third-order valence-corrected chi connectivity index (χ3v) is 2.39. The highest BCUT2D eigenvalue weighted by Gasteiger charge is 2.22. The number of hydrogen-bond donors (Lipinski definition) is 3. The van der Waals surface area contributed by atoms with Crippen LogP contribution < -0.4 is 11.1 Å². The Morgan fingerprint density at radius 1 is 1.41 bits per heavy atom. The van der Waals surface area contributed by atoms with E-state index in [9.17, 15) is 9.59 Å². The van der Waals surface area contributed by atoms with Gasteiger partial charge in [0.05, 0.1) is 6.04 Å². The molecule has 6 heteroatoms. The van der Waals surface area contributed by atoms with Crippen molar-refractivity contribution < 1.29 is 19.4 Å². The Balaban J connectivity index is 4.15. The highest BCUT2D eigenvalue weighted by molar-refractivity contribution is 5.86. The van der Waals surface area contributed by atoms with Crippen molar-refractivity contribution >= 4 is 11.9 Å². The number of carbonyl (C=O) groups excluding carboxylic acids is 1. The lowest BCUT2D eigenvalue weighted by Crippen LogP contribution is -2.48. The summed E-state index contributed by atoms with van der Waals surface area (Å²) in [5, 5.41) is 11.4. The van der Waals surface area contributed by atoms with Gasteiger partial charge in [-0.25, -0.2) is 4.79 Å². The molecule has 2 atom stereocenters. The van der Waals surface area contributed by atoms with E-state index in [2.05, 4.69) is 5.32 Å². The Morgan fingerprint density at radius 3 is 2.53 bits per heavy atom. The Labute approximate surface area is 102 Å². The molecule has 100 valence electrons. The molecule has 4 N–H and O–H groups in total. The molecule has 6 nitrogen and oxygen atoms in total. The maximum Gasteiger partial charge on any atom is 0.326 e. The van der Waals surface area contributed by atoms with Gasteiger partial charge >= 0.3 is 5.97 Å². The minimum Gasteiger partial charge on any atom is -0.480 e. The Bertz CT molecular complexity index is 246. The van der Waals surface area contributed by atoms with Crippen molar-refractivity contribution in [3.63, 3.8) is 0 Å². The number of carboxylic acid groups (broad SMARTS) is 1. The standard InChI is InChI=1S/C11H22N2O4/c1-3-5-8(12)10(14)13-9(11(15)16)6-4-7-17-2/h8-9H,3-7,12H2,1-2H3,(H,13,14)(H,15,16). The van der Waals surface area contributed by atoms with Crippen molar-refractivity contribution in [2.24, 2.45) is 5.73 Å². The highest BCUT2D eigenvalue weighted by atomic mass is 16.5. The summed E-state index contributed by atoms with van der Waals surface area (Å²) in [5.41, 5.74) is 5.60. The molecule has 0 aromatic rings. The van der Waals surface area contributed by atoms with Gasteiger partial charge in [0.2, 0.25) is 5.91 Å². The summed E-state index contributed by atoms with van der Waals surface area (Å²) in [6.45, 7) is 2.39. The number of aliphatic carboxylic acids is 1. The van der Waals surface area contributed by atoms with Crippen molar-refractivity contribution in [1.82, 2.24) is 5.32 Å². The molecule has 0 aliphatic carbocycles. The summed E-state index contributed by atoms with van der Waals surface area (Å²) in [5.74, 6) is -1.45. The zero-order valence-electron chi connectivity index (χ0n) is 10.4. The Morgan fingerprint density at radius 2 is 2.06 bits per heavy atom. The van der Waals surface area contributed by atoms with Gasteiger partial charge in [-0.15, -0.1) is 0 Å². The van der Waals surface area contributed by atoms with Gasteiger partial charge in [0.1, 0.15) is 6.04 Å². The summed E-state index contributed by atoms with van der Waals surface area (Å²) < 4.78 is 4.83. The summed E-state index contributed by atoms with van der Waals surface area (Å²) in [7, 11) is 1.55. The minimum atomic E-state index is -1.04. The molecule has 0 aliphatic rings. The number of carbonyl (C=O) groups is 2. The second-order valence-electron chi connectivity index (χ2n) is 3.93. The molecule has 0 rings (SSSR count). The summed E-state index contributed by atoms with van der Waals surface area (Å²) >= 11 is 0. The van der Waals surface area contributed by atoms with E-state index in [-0.39, 0.29) is 0 Å². The molecule has 0 spiro atoms. The molecule has 1 amide bonds. The van der Waals surface area contributed by atoms with E-state index in [1.165, 1.54) is 0 Å². The SMILES string of the molecule is CCCC(N)C(=O)NC(CCCOC)C(=O)O. The monoisotopic (exact) mass is 246 g/mol. The Kier molecular flexibility index (Phi) is 8.35. The zero-order valence-corrected chi connectivity index (χ0v) is 10.4. The van der Waals surface area contributed by atoms with Gasteiger partial charge in [-0.3, -0.25) is 4.79 Å². The van der Waals surface area contributed by atoms with Gasteiger partial charge in [0, 0.05) is 13.7 Å².